The zero-order chi connectivity index (χ0) is 16.9. The first kappa shape index (κ1) is 17.8. The van der Waals surface area contributed by atoms with Crippen molar-refractivity contribution in [1.29, 1.82) is 0 Å². The van der Waals surface area contributed by atoms with Gasteiger partial charge in [-0.15, -0.1) is 0 Å². The molecule has 0 aliphatic carbocycles. The lowest BCUT2D eigenvalue weighted by Gasteiger charge is -2.42. The Morgan fingerprint density at radius 1 is 1.22 bits per heavy atom. The van der Waals surface area contributed by atoms with E-state index >= 15 is 0 Å². The minimum atomic E-state index is 0.0863. The van der Waals surface area contributed by atoms with Crippen molar-refractivity contribution in [3.63, 3.8) is 0 Å². The SMILES string of the molecule is CN=C(NCC(C)C)NCC(C)(C)N1CCc2ccccc2C1. The summed E-state index contributed by atoms with van der Waals surface area (Å²) in [5.41, 5.74) is 3.05. The second kappa shape index (κ2) is 7.82. The van der Waals surface area contributed by atoms with Crippen LogP contribution in [0.1, 0.15) is 38.8 Å². The Morgan fingerprint density at radius 3 is 2.57 bits per heavy atom. The van der Waals surface area contributed by atoms with E-state index in [1.54, 1.807) is 0 Å². The van der Waals surface area contributed by atoms with Gasteiger partial charge in [0.15, 0.2) is 5.96 Å². The van der Waals surface area contributed by atoms with Gasteiger partial charge in [-0.2, -0.15) is 0 Å². The molecule has 128 valence electrons. The lowest BCUT2D eigenvalue weighted by atomic mass is 9.94. The molecule has 0 radical (unpaired) electrons. The molecule has 23 heavy (non-hydrogen) atoms. The van der Waals surface area contributed by atoms with E-state index in [1.165, 1.54) is 11.1 Å². The first-order chi connectivity index (χ1) is 10.9. The van der Waals surface area contributed by atoms with Crippen LogP contribution in [0.25, 0.3) is 0 Å². The van der Waals surface area contributed by atoms with Crippen LogP contribution in [-0.2, 0) is 13.0 Å². The fourth-order valence-electron chi connectivity index (χ4n) is 2.95. The molecule has 0 atom stereocenters. The van der Waals surface area contributed by atoms with Crippen LogP contribution in [0.4, 0.5) is 0 Å². The molecule has 1 aliphatic rings. The van der Waals surface area contributed by atoms with Gasteiger partial charge in [-0.1, -0.05) is 38.1 Å². The summed E-state index contributed by atoms with van der Waals surface area (Å²) in [5, 5.41) is 6.86. The van der Waals surface area contributed by atoms with E-state index in [2.05, 4.69) is 72.5 Å². The molecular formula is C19H32N4. The van der Waals surface area contributed by atoms with Crippen molar-refractivity contribution in [3.05, 3.63) is 35.4 Å². The lowest BCUT2D eigenvalue weighted by molar-refractivity contribution is 0.107. The Morgan fingerprint density at radius 2 is 1.91 bits per heavy atom. The fraction of sp³-hybridized carbons (Fsp3) is 0.632. The van der Waals surface area contributed by atoms with Crippen molar-refractivity contribution in [1.82, 2.24) is 15.5 Å². The maximum absolute atomic E-state index is 4.32. The predicted octanol–water partition coefficient (Wildman–Crippen LogP) is 2.64. The maximum atomic E-state index is 4.32. The number of nitrogens with one attached hydrogen (secondary N) is 2. The van der Waals surface area contributed by atoms with Crippen molar-refractivity contribution in [2.75, 3.05) is 26.7 Å². The van der Waals surface area contributed by atoms with Gasteiger partial charge in [0.2, 0.25) is 0 Å². The number of guanidine groups is 1. The third kappa shape index (κ3) is 4.96. The monoisotopic (exact) mass is 316 g/mol. The number of rotatable bonds is 5. The molecule has 0 saturated heterocycles. The van der Waals surface area contributed by atoms with E-state index < -0.39 is 0 Å². The van der Waals surface area contributed by atoms with E-state index in [9.17, 15) is 0 Å². The Kier molecular flexibility index (Phi) is 6.05. The van der Waals surface area contributed by atoms with Crippen LogP contribution in [0.2, 0.25) is 0 Å². The summed E-state index contributed by atoms with van der Waals surface area (Å²) in [6.07, 6.45) is 1.14. The number of hydrogen-bond donors (Lipinski definition) is 2. The molecule has 1 aliphatic heterocycles. The van der Waals surface area contributed by atoms with Crippen molar-refractivity contribution < 1.29 is 0 Å². The summed E-state index contributed by atoms with van der Waals surface area (Å²) in [6.45, 7) is 13.0. The molecule has 1 aromatic carbocycles. The first-order valence-electron chi connectivity index (χ1n) is 8.68. The molecule has 0 amide bonds. The van der Waals surface area contributed by atoms with Crippen molar-refractivity contribution in [2.45, 2.75) is 46.2 Å². The van der Waals surface area contributed by atoms with Gasteiger partial charge >= 0.3 is 0 Å². The topological polar surface area (TPSA) is 39.7 Å². The average molecular weight is 316 g/mol. The summed E-state index contributed by atoms with van der Waals surface area (Å²) in [6, 6.07) is 8.81. The molecule has 4 nitrogen and oxygen atoms in total. The van der Waals surface area contributed by atoms with Gasteiger partial charge in [0.25, 0.3) is 0 Å². The normalized spacial score (nSPS) is 16.3. The number of fused-ring (bicyclic) bond motifs is 1. The molecular weight excluding hydrogens is 284 g/mol. The van der Waals surface area contributed by atoms with Crippen LogP contribution in [0.15, 0.2) is 29.3 Å². The average Bonchev–Trinajstić information content (AvgIpc) is 2.54. The first-order valence-corrected chi connectivity index (χ1v) is 8.68. The summed E-state index contributed by atoms with van der Waals surface area (Å²) < 4.78 is 0. The van der Waals surface area contributed by atoms with Gasteiger partial charge in [-0.25, -0.2) is 0 Å². The largest absolute Gasteiger partial charge is 0.356 e. The zero-order valence-corrected chi connectivity index (χ0v) is 15.3. The molecule has 0 fully saturated rings. The van der Waals surface area contributed by atoms with E-state index in [0.717, 1.165) is 38.6 Å². The molecule has 2 rings (SSSR count). The highest BCUT2D eigenvalue weighted by Crippen LogP contribution is 2.24. The smallest absolute Gasteiger partial charge is 0.191 e. The molecule has 0 unspecified atom stereocenters. The standard InChI is InChI=1S/C19H32N4/c1-15(2)12-21-18(20-5)22-14-19(3,4)23-11-10-16-8-6-7-9-17(16)13-23/h6-9,15H,10-14H2,1-5H3,(H2,20,21,22). The third-order valence-corrected chi connectivity index (χ3v) is 4.58. The molecule has 0 spiro atoms. The highest BCUT2D eigenvalue weighted by molar-refractivity contribution is 5.79. The molecule has 0 aromatic heterocycles. The predicted molar refractivity (Wildman–Crippen MR) is 98.8 cm³/mol. The summed E-state index contributed by atoms with van der Waals surface area (Å²) in [4.78, 5) is 6.89. The minimum absolute atomic E-state index is 0.0863. The van der Waals surface area contributed by atoms with Crippen LogP contribution in [0.5, 0.6) is 0 Å². The van der Waals surface area contributed by atoms with Gasteiger partial charge < -0.3 is 10.6 Å². The highest BCUT2D eigenvalue weighted by atomic mass is 15.2. The molecule has 0 bridgehead atoms. The van der Waals surface area contributed by atoms with E-state index in [1.807, 2.05) is 7.05 Å². The Labute approximate surface area is 141 Å². The van der Waals surface area contributed by atoms with Gasteiger partial charge in [-0.05, 0) is 37.3 Å². The van der Waals surface area contributed by atoms with Gasteiger partial charge in [0.05, 0.1) is 0 Å². The molecule has 1 aromatic rings. The van der Waals surface area contributed by atoms with Gasteiger partial charge in [0, 0.05) is 38.8 Å². The zero-order valence-electron chi connectivity index (χ0n) is 15.3. The van der Waals surface area contributed by atoms with Crippen molar-refractivity contribution in [3.8, 4) is 0 Å². The number of benzene rings is 1. The van der Waals surface area contributed by atoms with E-state index in [4.69, 9.17) is 0 Å². The highest BCUT2D eigenvalue weighted by Gasteiger charge is 2.29. The maximum Gasteiger partial charge on any atom is 0.191 e. The molecule has 4 heteroatoms. The second-order valence-electron chi connectivity index (χ2n) is 7.45. The van der Waals surface area contributed by atoms with Crippen LogP contribution in [0, 0.1) is 5.92 Å². The Bertz CT molecular complexity index is 534. The minimum Gasteiger partial charge on any atom is -0.356 e. The lowest BCUT2D eigenvalue weighted by Crippen LogP contribution is -2.54. The third-order valence-electron chi connectivity index (χ3n) is 4.58. The number of hydrogen-bond acceptors (Lipinski definition) is 2. The molecule has 1 heterocycles. The fourth-order valence-corrected chi connectivity index (χ4v) is 2.95. The van der Waals surface area contributed by atoms with Crippen LogP contribution in [0.3, 0.4) is 0 Å². The molecule has 0 saturated carbocycles. The van der Waals surface area contributed by atoms with E-state index in [0.29, 0.717) is 5.92 Å². The summed E-state index contributed by atoms with van der Waals surface area (Å²) in [7, 11) is 1.83. The number of aliphatic imine (C=N–C) groups is 1. The van der Waals surface area contributed by atoms with Gasteiger partial charge in [-0.3, -0.25) is 9.89 Å². The van der Waals surface area contributed by atoms with Crippen molar-refractivity contribution >= 4 is 5.96 Å². The number of nitrogens with zero attached hydrogens (tertiary/aromatic N) is 2. The second-order valence-corrected chi connectivity index (χ2v) is 7.45. The quantitative estimate of drug-likeness (QED) is 0.648. The van der Waals surface area contributed by atoms with Gasteiger partial charge in [0.1, 0.15) is 0 Å². The Balaban J connectivity index is 1.91. The van der Waals surface area contributed by atoms with Crippen LogP contribution >= 0.6 is 0 Å². The van der Waals surface area contributed by atoms with Crippen LogP contribution < -0.4 is 10.6 Å². The van der Waals surface area contributed by atoms with Crippen LogP contribution in [-0.4, -0.2) is 43.1 Å². The van der Waals surface area contributed by atoms with Crippen molar-refractivity contribution in [2.24, 2.45) is 10.9 Å². The summed E-state index contributed by atoms with van der Waals surface area (Å²) >= 11 is 0. The Hall–Kier alpha value is -1.55. The summed E-state index contributed by atoms with van der Waals surface area (Å²) in [5.74, 6) is 1.50. The van der Waals surface area contributed by atoms with E-state index in [-0.39, 0.29) is 5.54 Å². The molecule has 2 N–H and O–H groups in total.